The number of ether oxygens (including phenoxy) is 1. The molecular weight excluding hydrogens is 372 g/mol. The molecule has 0 aliphatic carbocycles. The van der Waals surface area contributed by atoms with Gasteiger partial charge in [-0.1, -0.05) is 71.9 Å². The molecule has 0 radical (unpaired) electrons. The van der Waals surface area contributed by atoms with E-state index in [0.717, 1.165) is 5.56 Å². The summed E-state index contributed by atoms with van der Waals surface area (Å²) in [5.41, 5.74) is 2.13. The van der Waals surface area contributed by atoms with Crippen molar-refractivity contribution in [2.24, 2.45) is 0 Å². The van der Waals surface area contributed by atoms with Crippen molar-refractivity contribution in [1.82, 2.24) is 0 Å². The van der Waals surface area contributed by atoms with Crippen LogP contribution in [0.1, 0.15) is 59.6 Å². The van der Waals surface area contributed by atoms with Crippen LogP contribution in [0.5, 0.6) is 0 Å². The molecule has 1 fully saturated rings. The second kappa shape index (κ2) is 9.63. The van der Waals surface area contributed by atoms with Crippen LogP contribution in [0, 0.1) is 0 Å². The minimum atomic E-state index is -2.02. The largest absolute Gasteiger partial charge is 0.416 e. The van der Waals surface area contributed by atoms with E-state index >= 15 is 0 Å². The van der Waals surface area contributed by atoms with E-state index in [4.69, 9.17) is 9.16 Å². The van der Waals surface area contributed by atoms with Gasteiger partial charge in [0.2, 0.25) is 0 Å². The fourth-order valence-electron chi connectivity index (χ4n) is 4.82. The van der Waals surface area contributed by atoms with Crippen LogP contribution < -0.4 is 0 Å². The van der Waals surface area contributed by atoms with E-state index in [2.05, 4.69) is 41.5 Å². The Morgan fingerprint density at radius 1 is 1.00 bits per heavy atom. The van der Waals surface area contributed by atoms with Crippen LogP contribution >= 0.6 is 0 Å². The molecule has 0 bridgehead atoms. The summed E-state index contributed by atoms with van der Waals surface area (Å²) in [6, 6.07) is 9.23. The first-order valence-corrected chi connectivity index (χ1v) is 12.5. The van der Waals surface area contributed by atoms with Crippen LogP contribution in [0.3, 0.4) is 0 Å². The van der Waals surface area contributed by atoms with Gasteiger partial charge in [-0.25, -0.2) is 0 Å². The average Bonchev–Trinajstić information content (AvgIpc) is 2.64. The first kappa shape index (κ1) is 23.2. The lowest BCUT2D eigenvalue weighted by Gasteiger charge is -2.43. The summed E-state index contributed by atoms with van der Waals surface area (Å²) in [5, 5.41) is 20.6. The molecule has 28 heavy (non-hydrogen) atoms. The fraction of sp³-hybridized carbons (Fsp3) is 0.682. The normalized spacial score (nSPS) is 26.5. The molecule has 158 valence electrons. The first-order valence-electron chi connectivity index (χ1n) is 10.4. The van der Waals surface area contributed by atoms with Crippen LogP contribution in [0.4, 0.5) is 0 Å². The highest BCUT2D eigenvalue weighted by atomic mass is 28.4. The lowest BCUT2D eigenvalue weighted by Crippen LogP contribution is -2.52. The molecule has 4 atom stereocenters. The summed E-state index contributed by atoms with van der Waals surface area (Å²) in [5.74, 6) is -0.464. The molecule has 2 N–H and O–H groups in total. The molecule has 1 aromatic rings. The molecule has 6 heteroatoms. The summed E-state index contributed by atoms with van der Waals surface area (Å²) >= 11 is 0. The number of benzene rings is 1. The highest BCUT2D eigenvalue weighted by molar-refractivity contribution is 6.77. The summed E-state index contributed by atoms with van der Waals surface area (Å²) in [6.07, 6.45) is -3.82. The van der Waals surface area contributed by atoms with Crippen molar-refractivity contribution in [3.05, 3.63) is 35.9 Å². The Bertz CT molecular complexity index is 609. The second-order valence-electron chi connectivity index (χ2n) is 8.75. The summed E-state index contributed by atoms with van der Waals surface area (Å²) in [4.78, 5) is 12.5. The van der Waals surface area contributed by atoms with Crippen molar-refractivity contribution in [3.63, 3.8) is 0 Å². The molecule has 1 aromatic carbocycles. The zero-order valence-corrected chi connectivity index (χ0v) is 19.0. The monoisotopic (exact) mass is 408 g/mol. The standard InChI is InChI=1S/C22H36O5Si/c1-14(2)28(15(3)4,16(5)6)26-13-12-18-19(23)20(24)21(25)22(27-18)17-10-8-7-9-11-17/h7-11,14-16,18,20-22,24-25H,12-13H2,1-6H3/t18-,20+,21+,22-/m1/s1. The quantitative estimate of drug-likeness (QED) is 0.636. The van der Waals surface area contributed by atoms with Crippen molar-refractivity contribution in [1.29, 1.82) is 0 Å². The molecular formula is C22H36O5Si. The van der Waals surface area contributed by atoms with Gasteiger partial charge in [-0.05, 0) is 22.2 Å². The Hall–Kier alpha value is -1.05. The lowest BCUT2D eigenvalue weighted by atomic mass is 9.91. The molecule has 2 rings (SSSR count). The molecule has 1 aliphatic heterocycles. The number of aliphatic hydroxyl groups is 2. The van der Waals surface area contributed by atoms with Gasteiger partial charge >= 0.3 is 0 Å². The number of carbonyl (C=O) groups excluding carboxylic acids is 1. The van der Waals surface area contributed by atoms with Crippen LogP contribution in [-0.2, 0) is 14.0 Å². The molecule has 0 unspecified atom stereocenters. The van der Waals surface area contributed by atoms with Crippen molar-refractivity contribution >= 4 is 14.1 Å². The Morgan fingerprint density at radius 2 is 1.54 bits per heavy atom. The predicted octanol–water partition coefficient (Wildman–Crippen LogP) is 4.00. The van der Waals surface area contributed by atoms with Crippen LogP contribution in [-0.4, -0.2) is 49.2 Å². The number of ketones is 1. The van der Waals surface area contributed by atoms with Crippen LogP contribution in [0.25, 0.3) is 0 Å². The molecule has 1 saturated heterocycles. The Labute approximate surface area is 170 Å². The van der Waals surface area contributed by atoms with E-state index in [9.17, 15) is 15.0 Å². The van der Waals surface area contributed by atoms with Crippen LogP contribution in [0.15, 0.2) is 30.3 Å². The van der Waals surface area contributed by atoms with Gasteiger partial charge in [0.1, 0.15) is 24.4 Å². The highest BCUT2D eigenvalue weighted by Crippen LogP contribution is 2.42. The molecule has 5 nitrogen and oxygen atoms in total. The van der Waals surface area contributed by atoms with Crippen molar-refractivity contribution < 1.29 is 24.2 Å². The van der Waals surface area contributed by atoms with Gasteiger partial charge in [0.25, 0.3) is 0 Å². The average molecular weight is 409 g/mol. The summed E-state index contributed by atoms with van der Waals surface area (Å²) < 4.78 is 12.5. The second-order valence-corrected chi connectivity index (χ2v) is 14.2. The molecule has 1 aliphatic rings. The Kier molecular flexibility index (Phi) is 7.99. The predicted molar refractivity (Wildman–Crippen MR) is 113 cm³/mol. The maximum absolute atomic E-state index is 12.5. The first-order chi connectivity index (χ1) is 13.1. The number of hydrogen-bond donors (Lipinski definition) is 2. The van der Waals surface area contributed by atoms with Gasteiger partial charge in [-0.15, -0.1) is 0 Å². The third-order valence-corrected chi connectivity index (χ3v) is 12.2. The smallest absolute Gasteiger partial charge is 0.200 e. The van der Waals surface area contributed by atoms with Crippen molar-refractivity contribution in [2.45, 2.75) is 89.0 Å². The summed E-state index contributed by atoms with van der Waals surface area (Å²) in [7, 11) is -2.02. The van der Waals surface area contributed by atoms with Crippen molar-refractivity contribution in [2.75, 3.05) is 6.61 Å². The number of hydrogen-bond acceptors (Lipinski definition) is 5. The van der Waals surface area contributed by atoms with Gasteiger partial charge in [-0.3, -0.25) is 4.79 Å². The molecule has 0 spiro atoms. The number of rotatable bonds is 8. The van der Waals surface area contributed by atoms with Gasteiger partial charge < -0.3 is 19.4 Å². The van der Waals surface area contributed by atoms with E-state index in [1.165, 1.54) is 0 Å². The molecule has 0 aromatic heterocycles. The van der Waals surface area contributed by atoms with Gasteiger partial charge in [0.15, 0.2) is 14.1 Å². The number of Topliss-reactive ketones (excluding diaryl/α,β-unsaturated/α-hetero) is 1. The highest BCUT2D eigenvalue weighted by Gasteiger charge is 2.46. The number of carbonyl (C=O) groups is 1. The maximum atomic E-state index is 12.5. The molecule has 0 saturated carbocycles. The third-order valence-electron chi connectivity index (χ3n) is 6.12. The van der Waals surface area contributed by atoms with E-state index in [-0.39, 0.29) is 0 Å². The van der Waals surface area contributed by atoms with E-state index < -0.39 is 38.5 Å². The van der Waals surface area contributed by atoms with E-state index in [1.54, 1.807) is 0 Å². The van der Waals surface area contributed by atoms with E-state index in [0.29, 0.717) is 29.7 Å². The number of aliphatic hydroxyl groups excluding tert-OH is 2. The Morgan fingerprint density at radius 3 is 2.04 bits per heavy atom. The lowest BCUT2D eigenvalue weighted by molar-refractivity contribution is -0.185. The zero-order chi connectivity index (χ0) is 21.1. The minimum absolute atomic E-state index is 0.382. The molecule has 1 heterocycles. The van der Waals surface area contributed by atoms with Crippen molar-refractivity contribution in [3.8, 4) is 0 Å². The van der Waals surface area contributed by atoms with Gasteiger partial charge in [-0.2, -0.15) is 0 Å². The van der Waals surface area contributed by atoms with Crippen LogP contribution in [0.2, 0.25) is 16.6 Å². The zero-order valence-electron chi connectivity index (χ0n) is 18.0. The van der Waals surface area contributed by atoms with Gasteiger partial charge in [0.05, 0.1) is 0 Å². The maximum Gasteiger partial charge on any atom is 0.200 e. The fourth-order valence-corrected chi connectivity index (χ4v) is 10.3. The van der Waals surface area contributed by atoms with Gasteiger partial charge in [0, 0.05) is 13.0 Å². The summed E-state index contributed by atoms with van der Waals surface area (Å²) in [6.45, 7) is 13.8. The SMILES string of the molecule is CC(C)[Si](OCC[C@H]1O[C@H](c2ccccc2)[C@@H](O)[C@@H](O)C1=O)(C(C)C)C(C)C. The Balaban J connectivity index is 2.11. The van der Waals surface area contributed by atoms with E-state index in [1.807, 2.05) is 30.3 Å². The molecule has 0 amide bonds. The topological polar surface area (TPSA) is 76.0 Å². The minimum Gasteiger partial charge on any atom is -0.416 e. The third kappa shape index (κ3) is 4.57.